The summed E-state index contributed by atoms with van der Waals surface area (Å²) >= 11 is 3.41. The summed E-state index contributed by atoms with van der Waals surface area (Å²) < 4.78 is 0.847. The molecule has 108 valence electrons. The zero-order chi connectivity index (χ0) is 14.1. The number of likely N-dealkylation sites (tertiary alicyclic amines) is 1. The molecule has 0 aromatic carbocycles. The molecule has 20 heavy (non-hydrogen) atoms. The number of nitrogens with one attached hydrogen (secondary N) is 1. The van der Waals surface area contributed by atoms with Crippen LogP contribution in [0, 0.1) is 5.92 Å². The fourth-order valence-corrected chi connectivity index (χ4v) is 3.95. The third kappa shape index (κ3) is 2.43. The molecule has 2 heterocycles. The Kier molecular flexibility index (Phi) is 3.96. The van der Waals surface area contributed by atoms with Crippen LogP contribution >= 0.6 is 15.9 Å². The van der Waals surface area contributed by atoms with Gasteiger partial charge in [0.1, 0.15) is 5.82 Å². The number of anilines is 1. The van der Waals surface area contributed by atoms with Gasteiger partial charge in [0.25, 0.3) is 5.91 Å². The number of aromatic nitrogens is 1. The second kappa shape index (κ2) is 5.72. The van der Waals surface area contributed by atoms with Crippen molar-refractivity contribution in [3.05, 3.63) is 22.3 Å². The van der Waals surface area contributed by atoms with Crippen molar-refractivity contribution in [2.24, 2.45) is 5.92 Å². The maximum absolute atomic E-state index is 12.9. The summed E-state index contributed by atoms with van der Waals surface area (Å²) in [6.45, 7) is 0.893. The first kappa shape index (κ1) is 13.9. The second-order valence-electron chi connectivity index (χ2n) is 5.70. The Labute approximate surface area is 128 Å². The van der Waals surface area contributed by atoms with Gasteiger partial charge < -0.3 is 10.2 Å². The number of carbonyl (C=O) groups is 1. The van der Waals surface area contributed by atoms with Gasteiger partial charge in [-0.1, -0.05) is 12.8 Å². The number of pyridine rings is 1. The van der Waals surface area contributed by atoms with Crippen molar-refractivity contribution >= 4 is 27.7 Å². The van der Waals surface area contributed by atoms with Crippen LogP contribution in [0.5, 0.6) is 0 Å². The molecule has 2 unspecified atom stereocenters. The highest BCUT2D eigenvalue weighted by atomic mass is 79.9. The van der Waals surface area contributed by atoms with E-state index in [1.807, 2.05) is 6.07 Å². The molecule has 2 atom stereocenters. The van der Waals surface area contributed by atoms with Crippen molar-refractivity contribution in [1.82, 2.24) is 9.88 Å². The fourth-order valence-electron chi connectivity index (χ4n) is 3.61. The van der Waals surface area contributed by atoms with Crippen LogP contribution in [-0.2, 0) is 0 Å². The Morgan fingerprint density at radius 2 is 2.20 bits per heavy atom. The number of rotatable bonds is 2. The normalized spacial score (nSPS) is 25.4. The van der Waals surface area contributed by atoms with Crippen molar-refractivity contribution in [3.63, 3.8) is 0 Å². The molecular weight excluding hydrogens is 318 g/mol. The molecule has 0 radical (unpaired) electrons. The van der Waals surface area contributed by atoms with Crippen LogP contribution in [0.25, 0.3) is 0 Å². The Morgan fingerprint density at radius 1 is 1.40 bits per heavy atom. The number of hydrogen-bond acceptors (Lipinski definition) is 3. The molecule has 4 nitrogen and oxygen atoms in total. The molecule has 2 aliphatic rings. The molecule has 1 aromatic heterocycles. The Hall–Kier alpha value is -1.10. The van der Waals surface area contributed by atoms with E-state index in [-0.39, 0.29) is 5.91 Å². The van der Waals surface area contributed by atoms with E-state index in [0.29, 0.717) is 23.3 Å². The molecule has 5 heteroatoms. The third-order valence-electron chi connectivity index (χ3n) is 4.59. The Bertz CT molecular complexity index is 520. The molecule has 1 amide bonds. The first-order valence-corrected chi connectivity index (χ1v) is 8.14. The smallest absolute Gasteiger partial charge is 0.257 e. The largest absolute Gasteiger partial charge is 0.372 e. The predicted octanol–water partition coefficient (Wildman–Crippen LogP) is 3.29. The molecule has 2 fully saturated rings. The van der Waals surface area contributed by atoms with E-state index in [4.69, 9.17) is 0 Å². The van der Waals surface area contributed by atoms with Crippen LogP contribution in [0.4, 0.5) is 5.82 Å². The Morgan fingerprint density at radius 3 is 3.00 bits per heavy atom. The molecule has 0 bridgehead atoms. The molecule has 0 spiro atoms. The summed E-state index contributed by atoms with van der Waals surface area (Å²) in [5, 5.41) is 3.02. The minimum Gasteiger partial charge on any atom is -0.372 e. The van der Waals surface area contributed by atoms with Crippen LogP contribution in [0.2, 0.25) is 0 Å². The van der Waals surface area contributed by atoms with Gasteiger partial charge >= 0.3 is 0 Å². The molecular formula is C15H20BrN3O. The number of halogens is 1. The molecule has 3 rings (SSSR count). The fraction of sp³-hybridized carbons (Fsp3) is 0.600. The highest BCUT2D eigenvalue weighted by Gasteiger charge is 2.39. The average Bonchev–Trinajstić information content (AvgIpc) is 2.90. The number of amides is 1. The van der Waals surface area contributed by atoms with Crippen LogP contribution in [0.1, 0.15) is 42.5 Å². The third-order valence-corrected chi connectivity index (χ3v) is 5.03. The first-order valence-electron chi connectivity index (χ1n) is 7.35. The standard InChI is InChI=1S/C15H20BrN3O/c1-17-14-12(8-11(16)9-18-14)15(20)19-7-6-10-4-2-3-5-13(10)19/h8-10,13H,2-7H2,1H3,(H,17,18). The van der Waals surface area contributed by atoms with E-state index < -0.39 is 0 Å². The summed E-state index contributed by atoms with van der Waals surface area (Å²) in [5.41, 5.74) is 0.674. The van der Waals surface area contributed by atoms with Crippen LogP contribution in [-0.4, -0.2) is 35.4 Å². The lowest BCUT2D eigenvalue weighted by Gasteiger charge is -2.32. The molecule has 1 aromatic rings. The number of carbonyl (C=O) groups excluding carboxylic acids is 1. The van der Waals surface area contributed by atoms with Gasteiger partial charge in [0.15, 0.2) is 0 Å². The summed E-state index contributed by atoms with van der Waals surface area (Å²) in [5.74, 6) is 1.50. The zero-order valence-corrected chi connectivity index (χ0v) is 13.3. The topological polar surface area (TPSA) is 45.2 Å². The van der Waals surface area contributed by atoms with Crippen molar-refractivity contribution < 1.29 is 4.79 Å². The van der Waals surface area contributed by atoms with Gasteiger partial charge in [-0.2, -0.15) is 0 Å². The number of hydrogen-bond donors (Lipinski definition) is 1. The molecule has 1 saturated heterocycles. The monoisotopic (exact) mass is 337 g/mol. The van der Waals surface area contributed by atoms with Crippen molar-refractivity contribution in [2.45, 2.75) is 38.1 Å². The van der Waals surface area contributed by atoms with Gasteiger partial charge in [0.05, 0.1) is 5.56 Å². The predicted molar refractivity (Wildman–Crippen MR) is 82.9 cm³/mol. The van der Waals surface area contributed by atoms with Gasteiger partial charge in [0.2, 0.25) is 0 Å². The van der Waals surface area contributed by atoms with Crippen LogP contribution in [0.15, 0.2) is 16.7 Å². The van der Waals surface area contributed by atoms with E-state index >= 15 is 0 Å². The maximum atomic E-state index is 12.9. The minimum absolute atomic E-state index is 0.123. The number of nitrogens with zero attached hydrogens (tertiary/aromatic N) is 2. The Balaban J connectivity index is 1.87. The zero-order valence-electron chi connectivity index (χ0n) is 11.7. The molecule has 1 aliphatic carbocycles. The minimum atomic E-state index is 0.123. The molecule has 1 saturated carbocycles. The quantitative estimate of drug-likeness (QED) is 0.900. The van der Waals surface area contributed by atoms with Gasteiger partial charge in [-0.3, -0.25) is 4.79 Å². The van der Waals surface area contributed by atoms with E-state index in [9.17, 15) is 4.79 Å². The van der Waals surface area contributed by atoms with Crippen LogP contribution in [0.3, 0.4) is 0 Å². The first-order chi connectivity index (χ1) is 9.70. The van der Waals surface area contributed by atoms with Gasteiger partial charge in [-0.15, -0.1) is 0 Å². The molecule has 1 N–H and O–H groups in total. The summed E-state index contributed by atoms with van der Waals surface area (Å²) in [4.78, 5) is 19.2. The van der Waals surface area contributed by atoms with E-state index in [1.165, 1.54) is 19.3 Å². The van der Waals surface area contributed by atoms with E-state index in [1.54, 1.807) is 13.2 Å². The van der Waals surface area contributed by atoms with Crippen molar-refractivity contribution in [3.8, 4) is 0 Å². The van der Waals surface area contributed by atoms with Crippen molar-refractivity contribution in [1.29, 1.82) is 0 Å². The summed E-state index contributed by atoms with van der Waals surface area (Å²) in [7, 11) is 1.81. The number of fused-ring (bicyclic) bond motifs is 1. The van der Waals surface area contributed by atoms with E-state index in [2.05, 4.69) is 31.1 Å². The van der Waals surface area contributed by atoms with Gasteiger partial charge in [0, 0.05) is 30.3 Å². The lowest BCUT2D eigenvalue weighted by atomic mass is 9.85. The maximum Gasteiger partial charge on any atom is 0.257 e. The summed E-state index contributed by atoms with van der Waals surface area (Å²) in [6.07, 6.45) is 7.89. The second-order valence-corrected chi connectivity index (χ2v) is 6.61. The van der Waals surface area contributed by atoms with Crippen LogP contribution < -0.4 is 5.32 Å². The lowest BCUT2D eigenvalue weighted by Crippen LogP contribution is -2.39. The van der Waals surface area contributed by atoms with Crippen molar-refractivity contribution in [2.75, 3.05) is 18.9 Å². The van der Waals surface area contributed by atoms with E-state index in [0.717, 1.165) is 23.9 Å². The highest BCUT2D eigenvalue weighted by molar-refractivity contribution is 9.10. The molecule has 1 aliphatic heterocycles. The van der Waals surface area contributed by atoms with Gasteiger partial charge in [-0.25, -0.2) is 4.98 Å². The van der Waals surface area contributed by atoms with Gasteiger partial charge in [-0.05, 0) is 47.2 Å². The lowest BCUT2D eigenvalue weighted by molar-refractivity contribution is 0.0690. The highest BCUT2D eigenvalue weighted by Crippen LogP contribution is 2.37. The SMILES string of the molecule is CNc1ncc(Br)cc1C(=O)N1CCC2CCCCC21. The average molecular weight is 338 g/mol. The summed E-state index contributed by atoms with van der Waals surface area (Å²) in [6, 6.07) is 2.32.